The zero-order valence-electron chi connectivity index (χ0n) is 8.29. The number of ether oxygens (including phenoxy) is 1. The lowest BCUT2D eigenvalue weighted by atomic mass is 10.1. The molecular formula is C12H16O. The van der Waals surface area contributed by atoms with Crippen molar-refractivity contribution < 1.29 is 4.74 Å². The van der Waals surface area contributed by atoms with Gasteiger partial charge in [0.25, 0.3) is 0 Å². The van der Waals surface area contributed by atoms with E-state index < -0.39 is 0 Å². The van der Waals surface area contributed by atoms with Crippen LogP contribution in [0.5, 0.6) is 5.75 Å². The molecule has 0 aromatic heterocycles. The summed E-state index contributed by atoms with van der Waals surface area (Å²) in [5.74, 6) is 1.83. The summed E-state index contributed by atoms with van der Waals surface area (Å²) in [5.41, 5.74) is 1.47. The maximum absolute atomic E-state index is 5.57. The quantitative estimate of drug-likeness (QED) is 0.686. The summed E-state index contributed by atoms with van der Waals surface area (Å²) in [5, 5.41) is 0. The Kier molecular flexibility index (Phi) is 2.26. The Balaban J connectivity index is 2.04. The molecule has 0 heterocycles. The maximum Gasteiger partial charge on any atom is 0.119 e. The first-order valence-corrected chi connectivity index (χ1v) is 5.02. The third kappa shape index (κ3) is 2.24. The van der Waals surface area contributed by atoms with E-state index >= 15 is 0 Å². The largest absolute Gasteiger partial charge is 0.491 e. The molecule has 0 bridgehead atoms. The van der Waals surface area contributed by atoms with E-state index in [2.05, 4.69) is 38.1 Å². The Morgan fingerprint density at radius 1 is 1.15 bits per heavy atom. The van der Waals surface area contributed by atoms with Gasteiger partial charge in [-0.05, 0) is 50.3 Å². The minimum atomic E-state index is 0.270. The van der Waals surface area contributed by atoms with Crippen LogP contribution < -0.4 is 4.74 Å². The van der Waals surface area contributed by atoms with Gasteiger partial charge in [-0.3, -0.25) is 0 Å². The molecule has 0 unspecified atom stereocenters. The van der Waals surface area contributed by atoms with E-state index in [1.54, 1.807) is 0 Å². The highest BCUT2D eigenvalue weighted by atomic mass is 16.5. The Bertz CT molecular complexity index is 270. The van der Waals surface area contributed by atoms with E-state index in [1.165, 1.54) is 18.4 Å². The Labute approximate surface area is 79.7 Å². The molecular weight excluding hydrogens is 160 g/mol. The van der Waals surface area contributed by atoms with E-state index in [-0.39, 0.29) is 6.10 Å². The molecule has 1 aliphatic carbocycles. The zero-order chi connectivity index (χ0) is 9.26. The second-order valence-corrected chi connectivity index (χ2v) is 4.01. The van der Waals surface area contributed by atoms with Gasteiger partial charge in [0.2, 0.25) is 0 Å². The fourth-order valence-electron chi connectivity index (χ4n) is 1.51. The van der Waals surface area contributed by atoms with Gasteiger partial charge in [0.15, 0.2) is 0 Å². The Morgan fingerprint density at radius 2 is 1.77 bits per heavy atom. The van der Waals surface area contributed by atoms with Crippen molar-refractivity contribution >= 4 is 0 Å². The second kappa shape index (κ2) is 3.41. The SMILES string of the molecule is CC(C)Oc1ccc(C2CC2)cc1. The highest BCUT2D eigenvalue weighted by Crippen LogP contribution is 2.40. The van der Waals surface area contributed by atoms with Crippen molar-refractivity contribution in [2.75, 3.05) is 0 Å². The number of hydrogen-bond donors (Lipinski definition) is 0. The van der Waals surface area contributed by atoms with Crippen LogP contribution in [0.3, 0.4) is 0 Å². The summed E-state index contributed by atoms with van der Waals surface area (Å²) < 4.78 is 5.57. The summed E-state index contributed by atoms with van der Waals surface area (Å²) in [6.45, 7) is 4.10. The van der Waals surface area contributed by atoms with E-state index in [4.69, 9.17) is 4.74 Å². The van der Waals surface area contributed by atoms with Crippen molar-refractivity contribution in [1.29, 1.82) is 0 Å². The summed E-state index contributed by atoms with van der Waals surface area (Å²) in [6, 6.07) is 8.53. The van der Waals surface area contributed by atoms with Crippen LogP contribution in [0.15, 0.2) is 24.3 Å². The van der Waals surface area contributed by atoms with Gasteiger partial charge in [0.1, 0.15) is 5.75 Å². The van der Waals surface area contributed by atoms with Gasteiger partial charge in [-0.15, -0.1) is 0 Å². The van der Waals surface area contributed by atoms with Crippen molar-refractivity contribution in [3.8, 4) is 5.75 Å². The van der Waals surface area contributed by atoms with Crippen LogP contribution in [0.2, 0.25) is 0 Å². The minimum absolute atomic E-state index is 0.270. The molecule has 1 saturated carbocycles. The predicted molar refractivity (Wildman–Crippen MR) is 54.2 cm³/mol. The van der Waals surface area contributed by atoms with E-state index in [0.29, 0.717) is 0 Å². The van der Waals surface area contributed by atoms with E-state index in [0.717, 1.165) is 11.7 Å². The lowest BCUT2D eigenvalue weighted by Gasteiger charge is -2.09. The first kappa shape index (κ1) is 8.61. The highest BCUT2D eigenvalue weighted by molar-refractivity contribution is 5.31. The van der Waals surface area contributed by atoms with Crippen molar-refractivity contribution in [2.45, 2.75) is 38.7 Å². The van der Waals surface area contributed by atoms with Gasteiger partial charge < -0.3 is 4.74 Å². The maximum atomic E-state index is 5.57. The molecule has 1 heteroatoms. The fourth-order valence-corrected chi connectivity index (χ4v) is 1.51. The molecule has 0 spiro atoms. The normalized spacial score (nSPS) is 16.2. The van der Waals surface area contributed by atoms with Gasteiger partial charge in [-0.1, -0.05) is 12.1 Å². The summed E-state index contributed by atoms with van der Waals surface area (Å²) in [7, 11) is 0. The molecule has 0 amide bonds. The third-order valence-corrected chi connectivity index (χ3v) is 2.30. The van der Waals surface area contributed by atoms with Gasteiger partial charge >= 0.3 is 0 Å². The molecule has 0 atom stereocenters. The molecule has 0 radical (unpaired) electrons. The first-order chi connectivity index (χ1) is 6.25. The van der Waals surface area contributed by atoms with E-state index in [1.807, 2.05) is 0 Å². The third-order valence-electron chi connectivity index (χ3n) is 2.30. The van der Waals surface area contributed by atoms with Gasteiger partial charge in [-0.25, -0.2) is 0 Å². The van der Waals surface area contributed by atoms with Crippen molar-refractivity contribution in [3.63, 3.8) is 0 Å². The molecule has 1 fully saturated rings. The predicted octanol–water partition coefficient (Wildman–Crippen LogP) is 3.35. The average Bonchev–Trinajstić information content (AvgIpc) is 2.87. The van der Waals surface area contributed by atoms with E-state index in [9.17, 15) is 0 Å². The van der Waals surface area contributed by atoms with Crippen LogP contribution >= 0.6 is 0 Å². The molecule has 70 valence electrons. The second-order valence-electron chi connectivity index (χ2n) is 4.01. The van der Waals surface area contributed by atoms with Crippen LogP contribution in [0, 0.1) is 0 Å². The number of hydrogen-bond acceptors (Lipinski definition) is 1. The van der Waals surface area contributed by atoms with Crippen molar-refractivity contribution in [2.24, 2.45) is 0 Å². The molecule has 2 rings (SSSR count). The van der Waals surface area contributed by atoms with Gasteiger partial charge in [0, 0.05) is 0 Å². The molecule has 0 saturated heterocycles. The smallest absolute Gasteiger partial charge is 0.119 e. The molecule has 1 aromatic rings. The van der Waals surface area contributed by atoms with Crippen LogP contribution in [0.1, 0.15) is 38.2 Å². The number of rotatable bonds is 3. The summed E-state index contributed by atoms with van der Waals surface area (Å²) >= 11 is 0. The monoisotopic (exact) mass is 176 g/mol. The average molecular weight is 176 g/mol. The lowest BCUT2D eigenvalue weighted by molar-refractivity contribution is 0.242. The van der Waals surface area contributed by atoms with Gasteiger partial charge in [0.05, 0.1) is 6.10 Å². The van der Waals surface area contributed by atoms with Gasteiger partial charge in [-0.2, -0.15) is 0 Å². The van der Waals surface area contributed by atoms with Crippen LogP contribution in [-0.2, 0) is 0 Å². The highest BCUT2D eigenvalue weighted by Gasteiger charge is 2.22. The van der Waals surface area contributed by atoms with Crippen LogP contribution in [0.25, 0.3) is 0 Å². The molecule has 13 heavy (non-hydrogen) atoms. The topological polar surface area (TPSA) is 9.23 Å². The standard InChI is InChI=1S/C12H16O/c1-9(2)13-12-7-5-11(6-8-12)10-3-4-10/h5-10H,3-4H2,1-2H3. The molecule has 0 N–H and O–H groups in total. The lowest BCUT2D eigenvalue weighted by Crippen LogP contribution is -2.05. The summed E-state index contributed by atoms with van der Waals surface area (Å²) in [4.78, 5) is 0. The van der Waals surface area contributed by atoms with Crippen molar-refractivity contribution in [1.82, 2.24) is 0 Å². The summed E-state index contributed by atoms with van der Waals surface area (Å²) in [6.07, 6.45) is 3.00. The molecule has 0 aliphatic heterocycles. The van der Waals surface area contributed by atoms with Crippen LogP contribution in [-0.4, -0.2) is 6.10 Å². The Hall–Kier alpha value is -0.980. The first-order valence-electron chi connectivity index (χ1n) is 5.02. The number of benzene rings is 1. The molecule has 1 nitrogen and oxygen atoms in total. The molecule has 1 aliphatic rings. The van der Waals surface area contributed by atoms with Crippen molar-refractivity contribution in [3.05, 3.63) is 29.8 Å². The van der Waals surface area contributed by atoms with Crippen LogP contribution in [0.4, 0.5) is 0 Å². The molecule has 1 aromatic carbocycles. The Morgan fingerprint density at radius 3 is 2.23 bits per heavy atom. The zero-order valence-corrected chi connectivity index (χ0v) is 8.29. The minimum Gasteiger partial charge on any atom is -0.491 e. The fraction of sp³-hybridized carbons (Fsp3) is 0.500.